The van der Waals surface area contributed by atoms with Gasteiger partial charge in [0.05, 0.1) is 30.3 Å². The molecule has 0 radical (unpaired) electrons. The number of hydrogen-bond acceptors (Lipinski definition) is 7. The molecule has 0 bridgehead atoms. The van der Waals surface area contributed by atoms with Crippen LogP contribution in [0.5, 0.6) is 5.75 Å². The second-order valence-corrected chi connectivity index (χ2v) is 8.74. The first kappa shape index (κ1) is 24.6. The van der Waals surface area contributed by atoms with Crippen molar-refractivity contribution >= 4 is 29.3 Å². The van der Waals surface area contributed by atoms with Crippen LogP contribution in [-0.2, 0) is 14.3 Å². The van der Waals surface area contributed by atoms with E-state index in [1.165, 1.54) is 17.0 Å². The molecule has 8 nitrogen and oxygen atoms in total. The number of benzene rings is 2. The summed E-state index contributed by atoms with van der Waals surface area (Å²) in [6.07, 6.45) is 4.55. The van der Waals surface area contributed by atoms with Crippen molar-refractivity contribution in [2.75, 3.05) is 31.2 Å². The number of hydrogen-bond donors (Lipinski definition) is 0. The summed E-state index contributed by atoms with van der Waals surface area (Å²) in [5.74, 6) is -0.772. The summed E-state index contributed by atoms with van der Waals surface area (Å²) in [5, 5.41) is 0. The van der Waals surface area contributed by atoms with Crippen LogP contribution >= 0.6 is 0 Å². The minimum Gasteiger partial charge on any atom is -0.494 e. The van der Waals surface area contributed by atoms with Gasteiger partial charge in [0.1, 0.15) is 5.75 Å². The van der Waals surface area contributed by atoms with E-state index in [2.05, 4.69) is 4.90 Å². The molecule has 2 heterocycles. The van der Waals surface area contributed by atoms with Crippen LogP contribution in [0.1, 0.15) is 59.7 Å². The summed E-state index contributed by atoms with van der Waals surface area (Å²) < 4.78 is 10.5. The van der Waals surface area contributed by atoms with Crippen LogP contribution in [0.4, 0.5) is 5.69 Å². The second kappa shape index (κ2) is 11.3. The molecule has 35 heavy (non-hydrogen) atoms. The average Bonchev–Trinajstić information content (AvgIpc) is 3.03. The van der Waals surface area contributed by atoms with Crippen LogP contribution in [-0.4, -0.2) is 60.8 Å². The van der Waals surface area contributed by atoms with Gasteiger partial charge < -0.3 is 9.47 Å². The molecule has 0 aromatic heterocycles. The molecule has 2 aliphatic rings. The first-order valence-corrected chi connectivity index (χ1v) is 12.1. The monoisotopic (exact) mass is 478 g/mol. The molecule has 2 fully saturated rings. The lowest BCUT2D eigenvalue weighted by Gasteiger charge is -2.25. The molecule has 2 aromatic carbocycles. The standard InChI is InChI=1S/C27H30N2O6/c1-2-34-22-13-9-19(10-14-22)24(30)18-35-27(33)20-7-11-21(12-8-20)29-25(31)17-23(26(29)32)28-15-5-3-4-6-16-28/h7-14,23H,2-6,15-18H2,1H3. The van der Waals surface area contributed by atoms with Crippen LogP contribution in [0, 0.1) is 0 Å². The van der Waals surface area contributed by atoms with Gasteiger partial charge >= 0.3 is 5.97 Å². The number of ketones is 1. The van der Waals surface area contributed by atoms with Crippen LogP contribution in [0.2, 0.25) is 0 Å². The lowest BCUT2D eigenvalue weighted by molar-refractivity contribution is -0.122. The Kier molecular flexibility index (Phi) is 7.92. The van der Waals surface area contributed by atoms with Gasteiger partial charge in [-0.1, -0.05) is 12.8 Å². The smallest absolute Gasteiger partial charge is 0.338 e. The number of carbonyl (C=O) groups excluding carboxylic acids is 4. The molecule has 8 heteroatoms. The van der Waals surface area contributed by atoms with Crippen LogP contribution in [0.25, 0.3) is 0 Å². The van der Waals surface area contributed by atoms with Crippen molar-refractivity contribution in [2.24, 2.45) is 0 Å². The van der Waals surface area contributed by atoms with E-state index in [-0.39, 0.29) is 29.6 Å². The van der Waals surface area contributed by atoms with Gasteiger partial charge in [-0.15, -0.1) is 0 Å². The zero-order chi connectivity index (χ0) is 24.8. The maximum atomic E-state index is 13.0. The van der Waals surface area contributed by atoms with E-state index in [0.29, 0.717) is 23.6 Å². The number of esters is 1. The summed E-state index contributed by atoms with van der Waals surface area (Å²) in [7, 11) is 0. The molecular formula is C27H30N2O6. The van der Waals surface area contributed by atoms with Crippen molar-refractivity contribution in [3.63, 3.8) is 0 Å². The van der Waals surface area contributed by atoms with Crippen molar-refractivity contribution in [3.05, 3.63) is 59.7 Å². The third-order valence-corrected chi connectivity index (χ3v) is 6.39. The zero-order valence-electron chi connectivity index (χ0n) is 19.9. The van der Waals surface area contributed by atoms with Gasteiger partial charge in [-0.25, -0.2) is 9.69 Å². The number of ether oxygens (including phenoxy) is 2. The molecule has 0 spiro atoms. The highest BCUT2D eigenvalue weighted by Gasteiger charge is 2.42. The highest BCUT2D eigenvalue weighted by Crippen LogP contribution is 2.27. The van der Waals surface area contributed by atoms with Gasteiger partial charge in [0.2, 0.25) is 5.91 Å². The third kappa shape index (κ3) is 5.77. The Morgan fingerprint density at radius 3 is 2.14 bits per heavy atom. The Labute approximate surface area is 204 Å². The average molecular weight is 479 g/mol. The molecule has 2 aliphatic heterocycles. The van der Waals surface area contributed by atoms with Crippen molar-refractivity contribution in [1.82, 2.24) is 4.90 Å². The molecule has 0 aliphatic carbocycles. The van der Waals surface area contributed by atoms with E-state index in [0.717, 1.165) is 38.8 Å². The fraction of sp³-hybridized carbons (Fsp3) is 0.407. The second-order valence-electron chi connectivity index (χ2n) is 8.74. The molecule has 1 atom stereocenters. The highest BCUT2D eigenvalue weighted by atomic mass is 16.5. The lowest BCUT2D eigenvalue weighted by atomic mass is 10.1. The van der Waals surface area contributed by atoms with E-state index >= 15 is 0 Å². The number of likely N-dealkylation sites (tertiary alicyclic amines) is 1. The number of Topliss-reactive ketones (excluding diaryl/α,β-unsaturated/α-hetero) is 1. The number of anilines is 1. The Balaban J connectivity index is 1.34. The number of imide groups is 1. The maximum absolute atomic E-state index is 13.0. The molecule has 2 aromatic rings. The van der Waals surface area contributed by atoms with Crippen LogP contribution in [0.15, 0.2) is 48.5 Å². The first-order valence-electron chi connectivity index (χ1n) is 12.1. The van der Waals surface area contributed by atoms with Gasteiger partial charge in [0.15, 0.2) is 12.4 Å². The predicted molar refractivity (Wildman–Crippen MR) is 130 cm³/mol. The zero-order valence-corrected chi connectivity index (χ0v) is 19.9. The normalized spacial score (nSPS) is 18.9. The first-order chi connectivity index (χ1) is 17.0. The summed E-state index contributed by atoms with van der Waals surface area (Å²) in [4.78, 5) is 53.8. The Hall–Kier alpha value is -3.52. The molecule has 1 unspecified atom stereocenters. The molecule has 2 amide bonds. The summed E-state index contributed by atoms with van der Waals surface area (Å²) in [6, 6.07) is 12.3. The highest BCUT2D eigenvalue weighted by molar-refractivity contribution is 6.22. The third-order valence-electron chi connectivity index (χ3n) is 6.39. The summed E-state index contributed by atoms with van der Waals surface area (Å²) in [6.45, 7) is 3.67. The molecule has 184 valence electrons. The van der Waals surface area contributed by atoms with Crippen molar-refractivity contribution < 1.29 is 28.7 Å². The minimum absolute atomic E-state index is 0.177. The minimum atomic E-state index is -0.655. The number of amides is 2. The topological polar surface area (TPSA) is 93.2 Å². The van der Waals surface area contributed by atoms with Gasteiger partial charge in [0, 0.05) is 5.56 Å². The van der Waals surface area contributed by atoms with Gasteiger partial charge in [-0.3, -0.25) is 19.3 Å². The van der Waals surface area contributed by atoms with Gasteiger partial charge in [-0.05, 0) is 81.4 Å². The molecule has 0 saturated carbocycles. The lowest BCUT2D eigenvalue weighted by Crippen LogP contribution is -2.42. The quantitative estimate of drug-likeness (QED) is 0.325. The largest absolute Gasteiger partial charge is 0.494 e. The van der Waals surface area contributed by atoms with Crippen molar-refractivity contribution in [2.45, 2.75) is 45.1 Å². The fourth-order valence-corrected chi connectivity index (χ4v) is 4.53. The number of nitrogens with zero attached hydrogens (tertiary/aromatic N) is 2. The Morgan fingerprint density at radius 2 is 1.51 bits per heavy atom. The van der Waals surface area contributed by atoms with Crippen molar-refractivity contribution in [3.8, 4) is 5.75 Å². The van der Waals surface area contributed by atoms with E-state index in [9.17, 15) is 19.2 Å². The van der Waals surface area contributed by atoms with Crippen LogP contribution in [0.3, 0.4) is 0 Å². The molecule has 2 saturated heterocycles. The van der Waals surface area contributed by atoms with E-state index in [1.807, 2.05) is 6.92 Å². The van der Waals surface area contributed by atoms with E-state index < -0.39 is 18.6 Å². The number of carbonyl (C=O) groups is 4. The van der Waals surface area contributed by atoms with Crippen LogP contribution < -0.4 is 9.64 Å². The number of rotatable bonds is 8. The Morgan fingerprint density at radius 1 is 0.886 bits per heavy atom. The van der Waals surface area contributed by atoms with Gasteiger partial charge in [-0.2, -0.15) is 0 Å². The van der Waals surface area contributed by atoms with E-state index in [1.54, 1.807) is 36.4 Å². The SMILES string of the molecule is CCOc1ccc(C(=O)COC(=O)c2ccc(N3C(=O)CC(N4CCCCCC4)C3=O)cc2)cc1. The Bertz CT molecular complexity index is 1070. The molecular weight excluding hydrogens is 448 g/mol. The fourth-order valence-electron chi connectivity index (χ4n) is 4.53. The maximum Gasteiger partial charge on any atom is 0.338 e. The molecule has 4 rings (SSSR count). The summed E-state index contributed by atoms with van der Waals surface area (Å²) >= 11 is 0. The summed E-state index contributed by atoms with van der Waals surface area (Å²) in [5.41, 5.74) is 1.08. The molecule has 0 N–H and O–H groups in total. The van der Waals surface area contributed by atoms with Crippen molar-refractivity contribution in [1.29, 1.82) is 0 Å². The van der Waals surface area contributed by atoms with Gasteiger partial charge in [0.25, 0.3) is 5.91 Å². The predicted octanol–water partition coefficient (Wildman–Crippen LogP) is 3.63. The van der Waals surface area contributed by atoms with E-state index in [4.69, 9.17) is 9.47 Å².